The van der Waals surface area contributed by atoms with Crippen LogP contribution in [0.3, 0.4) is 0 Å². The van der Waals surface area contributed by atoms with Gasteiger partial charge in [0.25, 0.3) is 0 Å². The Bertz CT molecular complexity index is 270. The molecule has 0 fully saturated rings. The fraction of sp³-hybridized carbons (Fsp3) is 0.375. The van der Waals surface area contributed by atoms with Crippen molar-refractivity contribution in [3.63, 3.8) is 0 Å². The molecule has 0 aliphatic carbocycles. The summed E-state index contributed by atoms with van der Waals surface area (Å²) >= 11 is 3.30. The van der Waals surface area contributed by atoms with Crippen LogP contribution in [0.4, 0.5) is 0 Å². The first-order chi connectivity index (χ1) is 5.79. The van der Waals surface area contributed by atoms with Gasteiger partial charge in [-0.25, -0.2) is 4.79 Å². The molecule has 0 radical (unpaired) electrons. The quantitative estimate of drug-likeness (QED) is 0.586. The Morgan fingerprint density at radius 1 is 1.75 bits per heavy atom. The molecule has 4 heteroatoms. The minimum atomic E-state index is -0.291. The lowest BCUT2D eigenvalue weighted by Gasteiger charge is -2.04. The van der Waals surface area contributed by atoms with E-state index >= 15 is 0 Å². The summed E-state index contributed by atoms with van der Waals surface area (Å²) in [6, 6.07) is 3.57. The standard InChI is InChI=1S/C8H10BrNO2/c1-12-8(11)7-3-2-5-10(7)6-4-9/h2-3,5H,4,6H2,1H3. The van der Waals surface area contributed by atoms with E-state index in [0.717, 1.165) is 11.9 Å². The number of carbonyl (C=O) groups excluding carboxylic acids is 1. The lowest BCUT2D eigenvalue weighted by Crippen LogP contribution is -2.10. The van der Waals surface area contributed by atoms with E-state index in [-0.39, 0.29) is 5.97 Å². The number of rotatable bonds is 3. The van der Waals surface area contributed by atoms with Crippen LogP contribution in [0, 0.1) is 0 Å². The summed E-state index contributed by atoms with van der Waals surface area (Å²) in [6.07, 6.45) is 1.85. The Kier molecular flexibility index (Phi) is 3.34. The molecule has 0 atom stereocenters. The van der Waals surface area contributed by atoms with E-state index in [1.807, 2.05) is 16.8 Å². The molecule has 0 spiro atoms. The van der Waals surface area contributed by atoms with Gasteiger partial charge in [-0.1, -0.05) is 15.9 Å². The summed E-state index contributed by atoms with van der Waals surface area (Å²) in [5.41, 5.74) is 0.594. The van der Waals surface area contributed by atoms with Crippen molar-refractivity contribution in [1.29, 1.82) is 0 Å². The predicted octanol–water partition coefficient (Wildman–Crippen LogP) is 1.67. The molecule has 12 heavy (non-hydrogen) atoms. The molecule has 0 aliphatic rings. The lowest BCUT2D eigenvalue weighted by atomic mass is 10.4. The van der Waals surface area contributed by atoms with Gasteiger partial charge >= 0.3 is 5.97 Å². The number of hydrogen-bond acceptors (Lipinski definition) is 2. The number of halogens is 1. The van der Waals surface area contributed by atoms with Gasteiger partial charge in [-0.3, -0.25) is 0 Å². The van der Waals surface area contributed by atoms with Crippen molar-refractivity contribution < 1.29 is 9.53 Å². The Labute approximate surface area is 79.5 Å². The Morgan fingerprint density at radius 2 is 2.50 bits per heavy atom. The van der Waals surface area contributed by atoms with Crippen LogP contribution < -0.4 is 0 Å². The van der Waals surface area contributed by atoms with Crippen molar-refractivity contribution in [2.24, 2.45) is 0 Å². The van der Waals surface area contributed by atoms with E-state index in [2.05, 4.69) is 20.7 Å². The van der Waals surface area contributed by atoms with Crippen molar-refractivity contribution in [2.45, 2.75) is 6.54 Å². The first-order valence-corrected chi connectivity index (χ1v) is 4.71. The third-order valence-corrected chi connectivity index (χ3v) is 1.90. The van der Waals surface area contributed by atoms with Crippen LogP contribution in [-0.2, 0) is 11.3 Å². The van der Waals surface area contributed by atoms with Crippen LogP contribution in [-0.4, -0.2) is 23.0 Å². The number of hydrogen-bond donors (Lipinski definition) is 0. The van der Waals surface area contributed by atoms with Crippen molar-refractivity contribution in [3.8, 4) is 0 Å². The highest BCUT2D eigenvalue weighted by Crippen LogP contribution is 2.04. The van der Waals surface area contributed by atoms with Crippen LogP contribution in [0.15, 0.2) is 18.3 Å². The number of aryl methyl sites for hydroxylation is 1. The van der Waals surface area contributed by atoms with Gasteiger partial charge in [-0.2, -0.15) is 0 Å². The van der Waals surface area contributed by atoms with E-state index in [1.54, 1.807) is 6.07 Å². The molecule has 0 unspecified atom stereocenters. The molecule has 1 rings (SSSR count). The van der Waals surface area contributed by atoms with Crippen molar-refractivity contribution >= 4 is 21.9 Å². The maximum atomic E-state index is 11.1. The monoisotopic (exact) mass is 231 g/mol. The Morgan fingerprint density at radius 3 is 3.08 bits per heavy atom. The second-order valence-corrected chi connectivity index (χ2v) is 3.06. The summed E-state index contributed by atoms with van der Waals surface area (Å²) < 4.78 is 6.45. The van der Waals surface area contributed by atoms with Crippen LogP contribution in [0.25, 0.3) is 0 Å². The van der Waals surface area contributed by atoms with E-state index in [1.165, 1.54) is 7.11 Å². The van der Waals surface area contributed by atoms with Crippen LogP contribution in [0.5, 0.6) is 0 Å². The van der Waals surface area contributed by atoms with Gasteiger partial charge in [0.2, 0.25) is 0 Å². The average molecular weight is 232 g/mol. The first-order valence-electron chi connectivity index (χ1n) is 3.59. The maximum Gasteiger partial charge on any atom is 0.354 e. The Hall–Kier alpha value is -0.770. The SMILES string of the molecule is COC(=O)c1cccn1CCBr. The molecule has 0 saturated heterocycles. The maximum absolute atomic E-state index is 11.1. The van der Waals surface area contributed by atoms with Gasteiger partial charge in [0, 0.05) is 18.1 Å². The van der Waals surface area contributed by atoms with Gasteiger partial charge in [0.05, 0.1) is 7.11 Å². The zero-order valence-corrected chi connectivity index (χ0v) is 8.37. The molecule has 0 N–H and O–H groups in total. The topological polar surface area (TPSA) is 31.2 Å². The van der Waals surface area contributed by atoms with Gasteiger partial charge in [0.1, 0.15) is 5.69 Å². The van der Waals surface area contributed by atoms with E-state index < -0.39 is 0 Å². The van der Waals surface area contributed by atoms with Crippen LogP contribution in [0.2, 0.25) is 0 Å². The van der Waals surface area contributed by atoms with Gasteiger partial charge < -0.3 is 9.30 Å². The summed E-state index contributed by atoms with van der Waals surface area (Å²) in [5, 5.41) is 0.825. The fourth-order valence-corrected chi connectivity index (χ4v) is 1.37. The number of alkyl halides is 1. The molecule has 0 amide bonds. The number of aromatic nitrogens is 1. The van der Waals surface area contributed by atoms with Gasteiger partial charge in [-0.15, -0.1) is 0 Å². The molecule has 0 aromatic carbocycles. The number of methoxy groups -OCH3 is 1. The largest absolute Gasteiger partial charge is 0.464 e. The predicted molar refractivity (Wildman–Crippen MR) is 49.6 cm³/mol. The number of esters is 1. The van der Waals surface area contributed by atoms with Crippen LogP contribution in [0.1, 0.15) is 10.5 Å². The second kappa shape index (κ2) is 4.30. The molecule has 1 heterocycles. The third kappa shape index (κ3) is 1.88. The molecule has 1 aromatic heterocycles. The first kappa shape index (κ1) is 9.32. The third-order valence-electron chi connectivity index (χ3n) is 1.55. The highest BCUT2D eigenvalue weighted by atomic mass is 79.9. The molecule has 0 aliphatic heterocycles. The Balaban J connectivity index is 2.83. The van der Waals surface area contributed by atoms with Crippen molar-refractivity contribution in [1.82, 2.24) is 4.57 Å². The number of nitrogens with zero attached hydrogens (tertiary/aromatic N) is 1. The molecule has 0 saturated carbocycles. The minimum Gasteiger partial charge on any atom is -0.464 e. The summed E-state index contributed by atoms with van der Waals surface area (Å²) in [4.78, 5) is 11.1. The second-order valence-electron chi connectivity index (χ2n) is 2.27. The summed E-state index contributed by atoms with van der Waals surface area (Å²) in [5.74, 6) is -0.291. The van der Waals surface area contributed by atoms with Crippen molar-refractivity contribution in [2.75, 3.05) is 12.4 Å². The van der Waals surface area contributed by atoms with Gasteiger partial charge in [0.15, 0.2) is 0 Å². The number of carbonyl (C=O) groups is 1. The summed E-state index contributed by atoms with van der Waals surface area (Å²) in [7, 11) is 1.38. The molecule has 0 bridgehead atoms. The minimum absolute atomic E-state index is 0.291. The van der Waals surface area contributed by atoms with E-state index in [4.69, 9.17) is 0 Å². The zero-order valence-electron chi connectivity index (χ0n) is 6.79. The van der Waals surface area contributed by atoms with Gasteiger partial charge in [-0.05, 0) is 12.1 Å². The molecule has 3 nitrogen and oxygen atoms in total. The smallest absolute Gasteiger partial charge is 0.354 e. The molecular formula is C8H10BrNO2. The van der Waals surface area contributed by atoms with E-state index in [0.29, 0.717) is 5.69 Å². The number of ether oxygens (including phenoxy) is 1. The normalized spacial score (nSPS) is 9.83. The molecule has 66 valence electrons. The van der Waals surface area contributed by atoms with Crippen LogP contribution >= 0.6 is 15.9 Å². The molecule has 1 aromatic rings. The highest BCUT2D eigenvalue weighted by molar-refractivity contribution is 9.09. The molecular weight excluding hydrogens is 222 g/mol. The average Bonchev–Trinajstić information content (AvgIpc) is 2.52. The van der Waals surface area contributed by atoms with Crippen molar-refractivity contribution in [3.05, 3.63) is 24.0 Å². The van der Waals surface area contributed by atoms with E-state index in [9.17, 15) is 4.79 Å². The highest BCUT2D eigenvalue weighted by Gasteiger charge is 2.09. The summed E-state index contributed by atoms with van der Waals surface area (Å²) in [6.45, 7) is 0.775. The lowest BCUT2D eigenvalue weighted by molar-refractivity contribution is 0.0589. The zero-order chi connectivity index (χ0) is 8.97. The fourth-order valence-electron chi connectivity index (χ4n) is 0.990.